The van der Waals surface area contributed by atoms with Crippen molar-refractivity contribution in [2.75, 3.05) is 0 Å². The molecule has 0 saturated heterocycles. The quantitative estimate of drug-likeness (QED) is 0.791. The van der Waals surface area contributed by atoms with Crippen LogP contribution in [0.15, 0.2) is 42.5 Å². The predicted octanol–water partition coefficient (Wildman–Crippen LogP) is 4.03. The van der Waals surface area contributed by atoms with Crippen molar-refractivity contribution >= 4 is 21.6 Å². The zero-order chi connectivity index (χ0) is 14.8. The molecule has 3 aromatic rings. The lowest BCUT2D eigenvalue weighted by atomic mass is 10.1. The molecule has 108 valence electrons. The third-order valence-corrected chi connectivity index (χ3v) is 4.16. The Morgan fingerprint density at radius 3 is 2.86 bits per heavy atom. The molecule has 3 nitrogen and oxygen atoms in total. The first-order valence-electron chi connectivity index (χ1n) is 6.66. The SMILES string of the molecule is C[C@H](N)c1cc(F)ccc1OCc1nc2ccccc2s1. The lowest BCUT2D eigenvalue weighted by molar-refractivity contribution is 0.300. The molecule has 2 N–H and O–H groups in total. The van der Waals surface area contributed by atoms with Crippen molar-refractivity contribution in [3.8, 4) is 5.75 Å². The van der Waals surface area contributed by atoms with Crippen LogP contribution in [0.25, 0.3) is 10.2 Å². The zero-order valence-electron chi connectivity index (χ0n) is 11.5. The highest BCUT2D eigenvalue weighted by molar-refractivity contribution is 7.18. The summed E-state index contributed by atoms with van der Waals surface area (Å²) < 4.78 is 20.2. The molecule has 0 saturated carbocycles. The monoisotopic (exact) mass is 302 g/mol. The van der Waals surface area contributed by atoms with E-state index in [2.05, 4.69) is 4.98 Å². The Bertz CT molecular complexity index is 737. The number of nitrogens with zero attached hydrogens (tertiary/aromatic N) is 1. The summed E-state index contributed by atoms with van der Waals surface area (Å²) in [5.41, 5.74) is 7.48. The molecule has 1 heterocycles. The molecular formula is C16H15FN2OS. The number of hydrogen-bond acceptors (Lipinski definition) is 4. The van der Waals surface area contributed by atoms with Crippen molar-refractivity contribution < 1.29 is 9.13 Å². The van der Waals surface area contributed by atoms with Crippen LogP contribution in [0, 0.1) is 5.82 Å². The van der Waals surface area contributed by atoms with Crippen LogP contribution in [0.2, 0.25) is 0 Å². The van der Waals surface area contributed by atoms with Crippen LogP contribution >= 0.6 is 11.3 Å². The Kier molecular flexibility index (Phi) is 3.86. The van der Waals surface area contributed by atoms with Crippen LogP contribution < -0.4 is 10.5 Å². The summed E-state index contributed by atoms with van der Waals surface area (Å²) in [6.07, 6.45) is 0. The second-order valence-corrected chi connectivity index (χ2v) is 5.95. The van der Waals surface area contributed by atoms with Gasteiger partial charge in [-0.1, -0.05) is 12.1 Å². The fourth-order valence-electron chi connectivity index (χ4n) is 2.13. The van der Waals surface area contributed by atoms with Gasteiger partial charge in [0.1, 0.15) is 23.2 Å². The number of aromatic nitrogens is 1. The Hall–Kier alpha value is -1.98. The molecule has 0 spiro atoms. The van der Waals surface area contributed by atoms with E-state index in [0.29, 0.717) is 17.9 Å². The molecule has 1 atom stereocenters. The minimum atomic E-state index is -0.311. The number of rotatable bonds is 4. The number of hydrogen-bond donors (Lipinski definition) is 1. The molecule has 1 aromatic heterocycles. The van der Waals surface area contributed by atoms with Crippen LogP contribution in [0.5, 0.6) is 5.75 Å². The third kappa shape index (κ3) is 3.04. The van der Waals surface area contributed by atoms with Gasteiger partial charge in [0, 0.05) is 11.6 Å². The Labute approximate surface area is 126 Å². The van der Waals surface area contributed by atoms with Gasteiger partial charge in [0.2, 0.25) is 0 Å². The van der Waals surface area contributed by atoms with Gasteiger partial charge in [-0.2, -0.15) is 0 Å². The molecule has 0 unspecified atom stereocenters. The molecule has 0 fully saturated rings. The van der Waals surface area contributed by atoms with E-state index in [4.69, 9.17) is 10.5 Å². The van der Waals surface area contributed by atoms with Crippen LogP contribution in [0.1, 0.15) is 23.5 Å². The van der Waals surface area contributed by atoms with Gasteiger partial charge < -0.3 is 10.5 Å². The minimum Gasteiger partial charge on any atom is -0.486 e. The van der Waals surface area contributed by atoms with Crippen LogP contribution in [0.4, 0.5) is 4.39 Å². The second-order valence-electron chi connectivity index (χ2n) is 4.83. The maximum Gasteiger partial charge on any atom is 0.140 e. The van der Waals surface area contributed by atoms with Crippen LogP contribution in [-0.4, -0.2) is 4.98 Å². The first kappa shape index (κ1) is 14.0. The molecular weight excluding hydrogens is 287 g/mol. The van der Waals surface area contributed by atoms with Gasteiger partial charge in [-0.3, -0.25) is 0 Å². The summed E-state index contributed by atoms with van der Waals surface area (Å²) in [5.74, 6) is 0.292. The van der Waals surface area contributed by atoms with E-state index in [1.165, 1.54) is 12.1 Å². The van der Waals surface area contributed by atoms with Crippen molar-refractivity contribution in [2.45, 2.75) is 19.6 Å². The maximum absolute atomic E-state index is 13.3. The van der Waals surface area contributed by atoms with E-state index < -0.39 is 0 Å². The topological polar surface area (TPSA) is 48.1 Å². The van der Waals surface area contributed by atoms with E-state index in [0.717, 1.165) is 15.2 Å². The van der Waals surface area contributed by atoms with Crippen molar-refractivity contribution in [1.29, 1.82) is 0 Å². The number of benzene rings is 2. The molecule has 21 heavy (non-hydrogen) atoms. The Morgan fingerprint density at radius 1 is 1.29 bits per heavy atom. The lowest BCUT2D eigenvalue weighted by Gasteiger charge is -2.13. The standard InChI is InChI=1S/C16H15FN2OS/c1-10(18)12-8-11(17)6-7-14(12)20-9-16-19-13-4-2-3-5-15(13)21-16/h2-8,10H,9,18H2,1H3/t10-/m0/s1. The highest BCUT2D eigenvalue weighted by Crippen LogP contribution is 2.27. The minimum absolute atomic E-state index is 0.286. The first-order chi connectivity index (χ1) is 10.1. The van der Waals surface area contributed by atoms with Crippen molar-refractivity contribution in [3.63, 3.8) is 0 Å². The smallest absolute Gasteiger partial charge is 0.140 e. The molecule has 0 aliphatic heterocycles. The lowest BCUT2D eigenvalue weighted by Crippen LogP contribution is -2.08. The Balaban J connectivity index is 1.81. The summed E-state index contributed by atoms with van der Waals surface area (Å²) in [6, 6.07) is 12.1. The largest absolute Gasteiger partial charge is 0.486 e. The van der Waals surface area contributed by atoms with Gasteiger partial charge in [-0.25, -0.2) is 9.37 Å². The summed E-state index contributed by atoms with van der Waals surface area (Å²) in [6.45, 7) is 2.16. The first-order valence-corrected chi connectivity index (χ1v) is 7.47. The predicted molar refractivity (Wildman–Crippen MR) is 83.0 cm³/mol. The van der Waals surface area contributed by atoms with Crippen molar-refractivity contribution in [3.05, 3.63) is 58.9 Å². The number of para-hydroxylation sites is 1. The van der Waals surface area contributed by atoms with Crippen molar-refractivity contribution in [2.24, 2.45) is 5.73 Å². The number of thiazole rings is 1. The molecule has 5 heteroatoms. The van der Waals surface area contributed by atoms with Gasteiger partial charge in [0.15, 0.2) is 0 Å². The maximum atomic E-state index is 13.3. The number of fused-ring (bicyclic) bond motifs is 1. The van der Waals surface area contributed by atoms with E-state index in [1.807, 2.05) is 24.3 Å². The third-order valence-electron chi connectivity index (χ3n) is 3.15. The van der Waals surface area contributed by atoms with E-state index in [1.54, 1.807) is 24.3 Å². The van der Waals surface area contributed by atoms with Gasteiger partial charge >= 0.3 is 0 Å². The molecule has 3 rings (SSSR count). The Morgan fingerprint density at radius 2 is 2.10 bits per heavy atom. The highest BCUT2D eigenvalue weighted by atomic mass is 32.1. The number of ether oxygens (including phenoxy) is 1. The molecule has 0 amide bonds. The van der Waals surface area contributed by atoms with E-state index in [-0.39, 0.29) is 11.9 Å². The van der Waals surface area contributed by atoms with Gasteiger partial charge in [-0.15, -0.1) is 11.3 Å². The summed E-state index contributed by atoms with van der Waals surface area (Å²) in [7, 11) is 0. The molecule has 2 aromatic carbocycles. The van der Waals surface area contributed by atoms with Gasteiger partial charge in [0.05, 0.1) is 10.2 Å². The fourth-order valence-corrected chi connectivity index (χ4v) is 3.01. The zero-order valence-corrected chi connectivity index (χ0v) is 12.4. The summed E-state index contributed by atoms with van der Waals surface area (Å²) in [4.78, 5) is 4.51. The number of nitrogens with two attached hydrogens (primary N) is 1. The number of halogens is 1. The van der Waals surface area contributed by atoms with Crippen LogP contribution in [-0.2, 0) is 6.61 Å². The highest BCUT2D eigenvalue weighted by Gasteiger charge is 2.11. The fraction of sp³-hybridized carbons (Fsp3) is 0.188. The molecule has 0 aliphatic carbocycles. The van der Waals surface area contributed by atoms with E-state index in [9.17, 15) is 4.39 Å². The summed E-state index contributed by atoms with van der Waals surface area (Å²) in [5, 5.41) is 0.885. The molecule has 0 bridgehead atoms. The average molecular weight is 302 g/mol. The second kappa shape index (κ2) is 5.79. The van der Waals surface area contributed by atoms with Crippen molar-refractivity contribution in [1.82, 2.24) is 4.98 Å². The molecule has 0 aliphatic rings. The van der Waals surface area contributed by atoms with Gasteiger partial charge in [0.25, 0.3) is 0 Å². The van der Waals surface area contributed by atoms with Gasteiger partial charge in [-0.05, 0) is 37.3 Å². The van der Waals surface area contributed by atoms with Crippen LogP contribution in [0.3, 0.4) is 0 Å². The normalized spacial score (nSPS) is 12.5. The summed E-state index contributed by atoms with van der Waals surface area (Å²) >= 11 is 1.59. The van der Waals surface area contributed by atoms with E-state index >= 15 is 0 Å². The average Bonchev–Trinajstić information content (AvgIpc) is 2.88. The molecule has 0 radical (unpaired) electrons.